The molecule has 0 saturated carbocycles. The fourth-order valence-electron chi connectivity index (χ4n) is 10.4. The van der Waals surface area contributed by atoms with E-state index in [4.69, 9.17) is 16.4 Å². The Hall–Kier alpha value is -8.30. The Kier molecular flexibility index (Phi) is 7.34. The van der Waals surface area contributed by atoms with E-state index in [1.54, 1.807) is 49.1 Å². The van der Waals surface area contributed by atoms with Gasteiger partial charge in [-0.05, 0) is 0 Å². The number of nitrogens with zero attached hydrogens (tertiary/aromatic N) is 12. The summed E-state index contributed by atoms with van der Waals surface area (Å²) in [5.74, 6) is 0. The minimum absolute atomic E-state index is 0.373. The molecule has 74 heavy (non-hydrogen) atoms. The van der Waals surface area contributed by atoms with Gasteiger partial charge in [0.2, 0.25) is 0 Å². The molecular weight excluding hydrogens is 1280 g/mol. The van der Waals surface area contributed by atoms with Gasteiger partial charge in [0, 0.05) is 0 Å². The molecule has 366 valence electrons. The third kappa shape index (κ3) is 6.41. The van der Waals surface area contributed by atoms with Crippen LogP contribution in [0.3, 0.4) is 0 Å². The van der Waals surface area contributed by atoms with Crippen LogP contribution in [-0.2, 0) is 35.3 Å². The van der Waals surface area contributed by atoms with E-state index < -0.39 is 63.2 Å². The van der Waals surface area contributed by atoms with Gasteiger partial charge in [-0.2, -0.15) is 0 Å². The zero-order valence-corrected chi connectivity index (χ0v) is 43.2. The molecule has 2 aromatic heterocycles. The molecule has 14 heteroatoms. The molecular formula is C60H46N12Pt2. The third-order valence-corrected chi connectivity index (χ3v) is 19.7. The number of hydrogen-bond acceptors (Lipinski definition) is 12. The van der Waals surface area contributed by atoms with E-state index in [1.165, 1.54) is 19.6 Å². The first-order valence-electron chi connectivity index (χ1n) is 29.5. The molecule has 6 aliphatic rings. The quantitative estimate of drug-likeness (QED) is 0.166. The molecule has 0 radical (unpaired) electrons. The number of hydrogen-bond donors (Lipinski definition) is 0. The maximum absolute atomic E-state index is 9.02. The molecule has 8 bridgehead atoms. The van der Waals surface area contributed by atoms with Crippen molar-refractivity contribution in [1.29, 1.82) is 0 Å². The molecule has 15 rings (SSSR count). The molecule has 0 N–H and O–H groups in total. The van der Waals surface area contributed by atoms with Crippen molar-refractivity contribution in [2.75, 3.05) is 76.9 Å². The zero-order chi connectivity index (χ0) is 59.3. The Balaban J connectivity index is 0.929. The van der Waals surface area contributed by atoms with Crippen LogP contribution in [0.25, 0.3) is 0 Å². The second-order valence-corrected chi connectivity index (χ2v) is 23.0. The number of para-hydroxylation sites is 4. The first-order valence-corrected chi connectivity index (χ1v) is 28.0. The van der Waals surface area contributed by atoms with Crippen molar-refractivity contribution in [2.45, 2.75) is 0 Å². The van der Waals surface area contributed by atoms with Gasteiger partial charge >= 0.3 is 464 Å². The Morgan fingerprint density at radius 1 is 0.284 bits per heavy atom. The fourth-order valence-corrected chi connectivity index (χ4v) is 16.7. The average molecular weight is 1340 g/mol. The molecule has 9 aromatic rings. The number of fused-ring (bicyclic) bond motifs is 24. The summed E-state index contributed by atoms with van der Waals surface area (Å²) in [6, 6.07) is 58.0. The van der Waals surface area contributed by atoms with Crippen LogP contribution in [0, 0.1) is 0 Å². The minimum atomic E-state index is -2.68. The Morgan fingerprint density at radius 2 is 0.568 bits per heavy atom. The Morgan fingerprint density at radius 3 is 0.892 bits per heavy atom. The molecule has 8 heterocycles. The SMILES string of the molecule is [2H]C([2H])([2H])N1[C]2=[Pt]=[C]3N(c4cccc(c4)N(c4ccc(N5c6cccc(c6)N6[C](=[Pt]=[C]7N(c8cccc5c8)c5ccncc5N7C([2H])([2H])[2H])N(C([2H])([2H])[2H])c5ccccc56)cc4)c4cccc(c4)N2c2ccccc21)c1ccncc1N3C([2H])([2H])[2H]. The van der Waals surface area contributed by atoms with Crippen LogP contribution in [0.2, 0.25) is 0 Å². The first-order chi connectivity index (χ1) is 41.2. The molecule has 0 saturated heterocycles. The van der Waals surface area contributed by atoms with Gasteiger partial charge in [0.05, 0.1) is 0 Å². The summed E-state index contributed by atoms with van der Waals surface area (Å²) >= 11 is -3.34. The molecule has 0 amide bonds. The van der Waals surface area contributed by atoms with Crippen molar-refractivity contribution in [1.82, 2.24) is 9.97 Å². The van der Waals surface area contributed by atoms with E-state index in [1.807, 2.05) is 177 Å². The van der Waals surface area contributed by atoms with E-state index in [2.05, 4.69) is 19.8 Å². The monoisotopic (exact) mass is 1340 g/mol. The summed E-state index contributed by atoms with van der Waals surface area (Å²) in [6.07, 6.45) is 6.35. The summed E-state index contributed by atoms with van der Waals surface area (Å²) in [4.78, 5) is 26.3. The van der Waals surface area contributed by atoms with Gasteiger partial charge in [0.15, 0.2) is 0 Å². The summed E-state index contributed by atoms with van der Waals surface area (Å²) < 4.78 is 110. The summed E-state index contributed by atoms with van der Waals surface area (Å²) in [7, 11) is 0. The maximum atomic E-state index is 9.02. The molecule has 7 aromatic carbocycles. The van der Waals surface area contributed by atoms with Crippen LogP contribution in [0.5, 0.6) is 0 Å². The number of pyridine rings is 2. The van der Waals surface area contributed by atoms with Crippen molar-refractivity contribution in [3.8, 4) is 0 Å². The molecule has 0 unspecified atom stereocenters. The van der Waals surface area contributed by atoms with Crippen LogP contribution in [0.1, 0.15) is 16.4 Å². The second kappa shape index (κ2) is 16.6. The van der Waals surface area contributed by atoms with E-state index in [0.29, 0.717) is 84.8 Å². The van der Waals surface area contributed by atoms with Crippen LogP contribution in [-0.4, -0.2) is 54.5 Å². The van der Waals surface area contributed by atoms with Gasteiger partial charge in [0.25, 0.3) is 0 Å². The van der Waals surface area contributed by atoms with Gasteiger partial charge in [-0.3, -0.25) is 0 Å². The van der Waals surface area contributed by atoms with Gasteiger partial charge in [-0.15, -0.1) is 0 Å². The van der Waals surface area contributed by atoms with Crippen molar-refractivity contribution in [3.05, 3.63) is 207 Å². The molecule has 0 fully saturated rings. The van der Waals surface area contributed by atoms with Crippen LogP contribution >= 0.6 is 0 Å². The van der Waals surface area contributed by atoms with Crippen molar-refractivity contribution in [3.63, 3.8) is 0 Å². The predicted octanol–water partition coefficient (Wildman–Crippen LogP) is 12.3. The van der Waals surface area contributed by atoms with Gasteiger partial charge < -0.3 is 0 Å². The molecule has 6 aliphatic heterocycles. The second-order valence-electron chi connectivity index (χ2n) is 17.8. The topological polar surface area (TPSA) is 58.2 Å². The number of benzene rings is 7. The Labute approximate surface area is 462 Å². The normalized spacial score (nSPS) is 19.2. The molecule has 12 nitrogen and oxygen atoms in total. The van der Waals surface area contributed by atoms with Crippen molar-refractivity contribution < 1.29 is 51.7 Å². The van der Waals surface area contributed by atoms with Gasteiger partial charge in [-0.1, -0.05) is 0 Å². The first kappa shape index (κ1) is 32.7. The number of rotatable bonds is 2. The van der Waals surface area contributed by atoms with Crippen molar-refractivity contribution in [2.24, 2.45) is 0 Å². The summed E-state index contributed by atoms with van der Waals surface area (Å²) in [5, 5.41) is 0. The van der Waals surface area contributed by atoms with Crippen LogP contribution in [0.15, 0.2) is 207 Å². The van der Waals surface area contributed by atoms with Crippen molar-refractivity contribution >= 4 is 119 Å². The summed E-state index contributed by atoms with van der Waals surface area (Å²) in [5.41, 5.74) is 11.3. The third-order valence-electron chi connectivity index (χ3n) is 13.6. The van der Waals surface area contributed by atoms with E-state index in [9.17, 15) is 0 Å². The fraction of sp³-hybridized carbons (Fsp3) is 0.0667. The van der Waals surface area contributed by atoms with E-state index in [0.717, 1.165) is 34.1 Å². The average Bonchev–Trinajstić information content (AvgIpc) is 1.99. The van der Waals surface area contributed by atoms with Gasteiger partial charge in [0.1, 0.15) is 0 Å². The van der Waals surface area contributed by atoms with Crippen LogP contribution < -0.4 is 49.0 Å². The standard InChI is InChI=1S/C60H46N12.2Pt/c1-63-39-67(55-23-7-5-21-53(55)63)45-13-9-17-49(33-45)71(51-19-11-15-47(35-51)69-41-65(3)59-37-61-31-29-57(59)69)43-25-27-44(28-26-43)72(50-18-10-14-46(34-50)68-40-64(2)54-22-6-8-24-56(54)68)52-20-12-16-48(36-52)70-42-66(4)60-38-62-32-30-58(60)70;;/h5-38H,1-4H3;;/i1D3,2D3,3D3,4D3;;. The molecule has 0 spiro atoms. The predicted molar refractivity (Wildman–Crippen MR) is 299 cm³/mol. The number of aromatic nitrogens is 2. The molecule has 0 atom stereocenters. The molecule has 0 aliphatic carbocycles. The Bertz CT molecular complexity index is 3930. The number of anilines is 18. The zero-order valence-electron chi connectivity index (χ0n) is 50.6. The van der Waals surface area contributed by atoms with Gasteiger partial charge in [-0.25, -0.2) is 0 Å². The summed E-state index contributed by atoms with van der Waals surface area (Å²) in [6.45, 7) is -10.7. The van der Waals surface area contributed by atoms with E-state index >= 15 is 0 Å². The van der Waals surface area contributed by atoms with E-state index in [-0.39, 0.29) is 0 Å². The van der Waals surface area contributed by atoms with Crippen LogP contribution in [0.4, 0.5) is 102 Å².